The minimum Gasteiger partial charge on any atom is -0.497 e. The van der Waals surface area contributed by atoms with Crippen molar-refractivity contribution in [2.75, 3.05) is 18.7 Å². The number of hydrogen-bond donors (Lipinski definition) is 0. The van der Waals surface area contributed by atoms with Crippen molar-refractivity contribution in [2.24, 2.45) is 0 Å². The van der Waals surface area contributed by atoms with Crippen LogP contribution in [0, 0.1) is 0 Å². The molecule has 90 valence electrons. The van der Waals surface area contributed by atoms with Gasteiger partial charge in [-0.25, -0.2) is 0 Å². The number of hydrogen-bond acceptors (Lipinski definition) is 4. The van der Waals surface area contributed by atoms with Gasteiger partial charge in [-0.2, -0.15) is 5.01 Å². The van der Waals surface area contributed by atoms with E-state index in [0.717, 1.165) is 5.69 Å². The molecule has 0 radical (unpaired) electrons. The summed E-state index contributed by atoms with van der Waals surface area (Å²) in [5, 5.41) is 2.85. The molecule has 5 nitrogen and oxygen atoms in total. The Morgan fingerprint density at radius 2 is 2.18 bits per heavy atom. The van der Waals surface area contributed by atoms with Gasteiger partial charge in [-0.15, -0.1) is 0 Å². The lowest BCUT2D eigenvalue weighted by Gasteiger charge is -2.27. The Morgan fingerprint density at radius 3 is 2.82 bits per heavy atom. The van der Waals surface area contributed by atoms with Crippen LogP contribution < -0.4 is 9.75 Å². The van der Waals surface area contributed by atoms with Crippen LogP contribution in [0.4, 0.5) is 5.69 Å². The summed E-state index contributed by atoms with van der Waals surface area (Å²) in [5.74, 6) is 0.265. The van der Waals surface area contributed by atoms with Gasteiger partial charge in [0.2, 0.25) is 11.8 Å². The smallest absolute Gasteiger partial charge is 0.250 e. The minimum atomic E-state index is -0.268. The van der Waals surface area contributed by atoms with E-state index in [0.29, 0.717) is 18.7 Å². The molecule has 1 heterocycles. The molecule has 0 bridgehead atoms. The van der Waals surface area contributed by atoms with Crippen LogP contribution in [-0.2, 0) is 9.59 Å². The van der Waals surface area contributed by atoms with E-state index in [1.165, 1.54) is 11.9 Å². The average Bonchev–Trinajstić information content (AvgIpc) is 2.71. The van der Waals surface area contributed by atoms with Gasteiger partial charge in [-0.05, 0) is 12.1 Å². The average molecular weight is 234 g/mol. The van der Waals surface area contributed by atoms with Gasteiger partial charge in [0.05, 0.1) is 12.8 Å². The quantitative estimate of drug-likeness (QED) is 0.771. The second-order valence-corrected chi connectivity index (χ2v) is 3.80. The molecule has 0 aliphatic carbocycles. The first-order valence-electron chi connectivity index (χ1n) is 5.38. The van der Waals surface area contributed by atoms with E-state index in [9.17, 15) is 9.59 Å². The Bertz CT molecular complexity index is 459. The molecule has 1 aliphatic heterocycles. The minimum absolute atomic E-state index is 0.166. The summed E-state index contributed by atoms with van der Waals surface area (Å²) >= 11 is 0. The first-order chi connectivity index (χ1) is 8.13. The van der Waals surface area contributed by atoms with Gasteiger partial charge in [-0.3, -0.25) is 14.6 Å². The number of methoxy groups -OCH3 is 1. The number of rotatable bonds is 2. The van der Waals surface area contributed by atoms with Crippen LogP contribution in [0.25, 0.3) is 0 Å². The Balaban J connectivity index is 2.32. The highest BCUT2D eigenvalue weighted by atomic mass is 16.5. The van der Waals surface area contributed by atoms with Crippen molar-refractivity contribution in [3.8, 4) is 5.75 Å². The molecule has 5 heteroatoms. The van der Waals surface area contributed by atoms with E-state index in [4.69, 9.17) is 4.74 Å². The number of hydrazine groups is 1. The molecule has 1 aromatic carbocycles. The fourth-order valence-electron chi connectivity index (χ4n) is 1.90. The summed E-state index contributed by atoms with van der Waals surface area (Å²) in [5.41, 5.74) is 0.783. The maximum atomic E-state index is 11.6. The number of benzene rings is 1. The Labute approximate surface area is 99.5 Å². The van der Waals surface area contributed by atoms with Gasteiger partial charge in [0.15, 0.2) is 0 Å². The highest BCUT2D eigenvalue weighted by Gasteiger charge is 2.32. The molecule has 0 saturated carbocycles. The molecule has 0 unspecified atom stereocenters. The zero-order valence-electron chi connectivity index (χ0n) is 9.84. The lowest BCUT2D eigenvalue weighted by Crippen LogP contribution is -2.42. The van der Waals surface area contributed by atoms with Gasteiger partial charge in [0.1, 0.15) is 5.75 Å². The summed E-state index contributed by atoms with van der Waals surface area (Å²) in [4.78, 5) is 23.0. The van der Waals surface area contributed by atoms with Crippen LogP contribution in [-0.4, -0.2) is 30.5 Å². The summed E-state index contributed by atoms with van der Waals surface area (Å²) in [6.07, 6.45) is 0.358. The maximum Gasteiger partial charge on any atom is 0.250 e. The third-order valence-corrected chi connectivity index (χ3v) is 2.66. The van der Waals surface area contributed by atoms with E-state index in [1.807, 2.05) is 18.2 Å². The Hall–Kier alpha value is -2.04. The van der Waals surface area contributed by atoms with Gasteiger partial charge >= 0.3 is 0 Å². The number of carbonyl (C=O) groups excluding carboxylic acids is 2. The summed E-state index contributed by atoms with van der Waals surface area (Å²) in [6, 6.07) is 7.29. The predicted octanol–water partition coefficient (Wildman–Crippen LogP) is 1.20. The maximum absolute atomic E-state index is 11.6. The Morgan fingerprint density at radius 1 is 1.41 bits per heavy atom. The molecule has 1 fully saturated rings. The lowest BCUT2D eigenvalue weighted by atomic mass is 10.3. The number of nitrogens with zero attached hydrogens (tertiary/aromatic N) is 2. The third kappa shape index (κ3) is 2.08. The fraction of sp³-hybridized carbons (Fsp3) is 0.333. The standard InChI is InChI=1S/C12H14N2O3/c1-9(15)14-12(16)6-7-13(14)10-4-3-5-11(8-10)17-2/h3-5,8H,6-7H2,1-2H3. The van der Waals surface area contributed by atoms with Gasteiger partial charge in [-0.1, -0.05) is 6.07 Å². The topological polar surface area (TPSA) is 49.9 Å². The number of amides is 2. The van der Waals surface area contributed by atoms with Crippen LogP contribution in [0.3, 0.4) is 0 Å². The molecule has 17 heavy (non-hydrogen) atoms. The normalized spacial score (nSPS) is 15.3. The third-order valence-electron chi connectivity index (χ3n) is 2.66. The molecule has 1 aromatic rings. The first-order valence-corrected chi connectivity index (χ1v) is 5.38. The highest BCUT2D eigenvalue weighted by Crippen LogP contribution is 2.26. The number of carbonyl (C=O) groups is 2. The summed E-state index contributed by atoms with van der Waals surface area (Å²) < 4.78 is 5.12. The number of imide groups is 1. The molecule has 1 saturated heterocycles. The predicted molar refractivity (Wildman–Crippen MR) is 62.5 cm³/mol. The van der Waals surface area contributed by atoms with Crippen LogP contribution in [0.2, 0.25) is 0 Å². The number of ether oxygens (including phenoxy) is 1. The molecule has 0 atom stereocenters. The lowest BCUT2D eigenvalue weighted by molar-refractivity contribution is -0.141. The zero-order chi connectivity index (χ0) is 12.4. The molecule has 2 rings (SSSR count). The van der Waals surface area contributed by atoms with Gasteiger partial charge in [0, 0.05) is 26.0 Å². The van der Waals surface area contributed by atoms with Crippen molar-refractivity contribution in [3.05, 3.63) is 24.3 Å². The molecule has 1 aliphatic rings. The van der Waals surface area contributed by atoms with E-state index in [2.05, 4.69) is 0 Å². The van der Waals surface area contributed by atoms with Gasteiger partial charge < -0.3 is 4.74 Å². The van der Waals surface area contributed by atoms with Crippen LogP contribution in [0.15, 0.2) is 24.3 Å². The van der Waals surface area contributed by atoms with E-state index in [-0.39, 0.29) is 11.8 Å². The molecule has 0 aromatic heterocycles. The van der Waals surface area contributed by atoms with Crippen LogP contribution >= 0.6 is 0 Å². The molecule has 2 amide bonds. The van der Waals surface area contributed by atoms with Crippen molar-refractivity contribution in [3.63, 3.8) is 0 Å². The molecular weight excluding hydrogens is 220 g/mol. The summed E-state index contributed by atoms with van der Waals surface area (Å²) in [7, 11) is 1.58. The SMILES string of the molecule is COc1cccc(N2CCC(=O)N2C(C)=O)c1. The Kier molecular flexibility index (Phi) is 2.99. The highest BCUT2D eigenvalue weighted by molar-refractivity contribution is 5.98. The summed E-state index contributed by atoms with van der Waals surface area (Å²) in [6.45, 7) is 1.90. The van der Waals surface area contributed by atoms with Crippen molar-refractivity contribution in [2.45, 2.75) is 13.3 Å². The monoisotopic (exact) mass is 234 g/mol. The second-order valence-electron chi connectivity index (χ2n) is 3.80. The first kappa shape index (κ1) is 11.4. The van der Waals surface area contributed by atoms with Crippen molar-refractivity contribution in [1.29, 1.82) is 0 Å². The van der Waals surface area contributed by atoms with E-state index in [1.54, 1.807) is 18.2 Å². The van der Waals surface area contributed by atoms with Crippen LogP contribution in [0.5, 0.6) is 5.75 Å². The zero-order valence-corrected chi connectivity index (χ0v) is 9.84. The fourth-order valence-corrected chi connectivity index (χ4v) is 1.90. The van der Waals surface area contributed by atoms with Crippen molar-refractivity contribution >= 4 is 17.5 Å². The number of anilines is 1. The van der Waals surface area contributed by atoms with Crippen molar-refractivity contribution in [1.82, 2.24) is 5.01 Å². The van der Waals surface area contributed by atoms with Gasteiger partial charge in [0.25, 0.3) is 0 Å². The van der Waals surface area contributed by atoms with E-state index < -0.39 is 0 Å². The molecule has 0 N–H and O–H groups in total. The molecule has 0 spiro atoms. The second kappa shape index (κ2) is 4.45. The van der Waals surface area contributed by atoms with E-state index >= 15 is 0 Å². The molecular formula is C12H14N2O3. The van der Waals surface area contributed by atoms with Crippen molar-refractivity contribution < 1.29 is 14.3 Å². The largest absolute Gasteiger partial charge is 0.497 e. The van der Waals surface area contributed by atoms with Crippen LogP contribution in [0.1, 0.15) is 13.3 Å².